The molecule has 2 aromatic heterocycles. The number of nitrogen functional groups attached to an aromatic ring is 1. The van der Waals surface area contributed by atoms with E-state index in [1.165, 1.54) is 6.20 Å². The molecule has 1 aliphatic rings. The van der Waals surface area contributed by atoms with Crippen molar-refractivity contribution in [1.82, 2.24) is 30.0 Å². The summed E-state index contributed by atoms with van der Waals surface area (Å²) in [6.07, 6.45) is 6.55. The van der Waals surface area contributed by atoms with Crippen LogP contribution in [0.25, 0.3) is 0 Å². The largest absolute Gasteiger partial charge is 0.383 e. The Morgan fingerprint density at radius 2 is 2.03 bits per heavy atom. The molecule has 0 bridgehead atoms. The Hall–Kier alpha value is -2.68. The van der Waals surface area contributed by atoms with E-state index in [1.54, 1.807) is 31.8 Å². The van der Waals surface area contributed by atoms with Crippen molar-refractivity contribution in [3.8, 4) is 0 Å². The Kier molecular flexibility index (Phi) is 6.91. The van der Waals surface area contributed by atoms with Gasteiger partial charge in [0.15, 0.2) is 0 Å². The predicted octanol–water partition coefficient (Wildman–Crippen LogP) is 1.74. The molecule has 3 rings (SSSR count). The van der Waals surface area contributed by atoms with Gasteiger partial charge in [-0.05, 0) is 45.4 Å². The highest BCUT2D eigenvalue weighted by Gasteiger charge is 2.27. The lowest BCUT2D eigenvalue weighted by molar-refractivity contribution is -0.134. The molecule has 0 aromatic carbocycles. The molecular weight excluding hydrogens is 406 g/mol. The minimum atomic E-state index is -0.586. The Balaban J connectivity index is 1.46. The maximum atomic E-state index is 12.7. The van der Waals surface area contributed by atoms with Gasteiger partial charge in [0, 0.05) is 31.9 Å². The number of aromatic nitrogens is 4. The molecule has 0 aliphatic carbocycles. The van der Waals surface area contributed by atoms with Gasteiger partial charge in [-0.1, -0.05) is 11.6 Å². The predicted molar refractivity (Wildman–Crippen MR) is 114 cm³/mol. The molecule has 1 aliphatic heterocycles. The molecule has 0 radical (unpaired) electrons. The van der Waals surface area contributed by atoms with Gasteiger partial charge >= 0.3 is 0 Å². The van der Waals surface area contributed by atoms with Gasteiger partial charge in [-0.25, -0.2) is 9.97 Å². The van der Waals surface area contributed by atoms with Crippen molar-refractivity contribution < 1.29 is 9.59 Å². The molecule has 0 spiro atoms. The summed E-state index contributed by atoms with van der Waals surface area (Å²) in [6.45, 7) is 4.82. The number of nitrogens with zero attached hydrogens (tertiary/aromatic N) is 5. The lowest BCUT2D eigenvalue weighted by Gasteiger charge is -2.33. The minimum absolute atomic E-state index is 0.0649. The second-order valence-electron chi connectivity index (χ2n) is 7.83. The first-order chi connectivity index (χ1) is 14.2. The first-order valence-corrected chi connectivity index (χ1v) is 10.5. The number of nitrogens with one attached hydrogen (secondary N) is 1. The smallest absolute Gasteiger partial charge is 0.255 e. The van der Waals surface area contributed by atoms with Crippen LogP contribution < -0.4 is 11.1 Å². The minimum Gasteiger partial charge on any atom is -0.383 e. The number of halogens is 1. The van der Waals surface area contributed by atoms with Crippen molar-refractivity contribution in [3.05, 3.63) is 34.5 Å². The molecule has 162 valence electrons. The van der Waals surface area contributed by atoms with Gasteiger partial charge in [0.25, 0.3) is 5.91 Å². The fourth-order valence-electron chi connectivity index (χ4n) is 3.76. The van der Waals surface area contributed by atoms with Gasteiger partial charge < -0.3 is 16.0 Å². The fraction of sp³-hybridized carbons (Fsp3) is 0.550. The van der Waals surface area contributed by atoms with Gasteiger partial charge in [-0.3, -0.25) is 14.3 Å². The van der Waals surface area contributed by atoms with E-state index in [9.17, 15) is 9.59 Å². The number of nitrogens with two attached hydrogens (primary N) is 1. The molecule has 0 saturated carbocycles. The lowest BCUT2D eigenvalue weighted by Crippen LogP contribution is -2.49. The molecule has 1 saturated heterocycles. The van der Waals surface area contributed by atoms with Crippen LogP contribution in [0.4, 0.5) is 5.82 Å². The van der Waals surface area contributed by atoms with Crippen molar-refractivity contribution in [3.63, 3.8) is 0 Å². The van der Waals surface area contributed by atoms with Gasteiger partial charge in [-0.15, -0.1) is 0 Å². The number of hydrogen-bond donors (Lipinski definition) is 2. The van der Waals surface area contributed by atoms with E-state index in [1.807, 2.05) is 4.90 Å². The first kappa shape index (κ1) is 22.0. The third-order valence-corrected chi connectivity index (χ3v) is 5.83. The van der Waals surface area contributed by atoms with E-state index < -0.39 is 6.04 Å². The third-order valence-electron chi connectivity index (χ3n) is 5.51. The summed E-state index contributed by atoms with van der Waals surface area (Å²) in [7, 11) is 1.74. The summed E-state index contributed by atoms with van der Waals surface area (Å²) < 4.78 is 1.55. The fourth-order valence-corrected chi connectivity index (χ4v) is 4.07. The van der Waals surface area contributed by atoms with Crippen LogP contribution in [0, 0.1) is 12.8 Å². The van der Waals surface area contributed by atoms with Crippen LogP contribution in [0.1, 0.15) is 47.9 Å². The third kappa shape index (κ3) is 5.27. The molecule has 30 heavy (non-hydrogen) atoms. The monoisotopic (exact) mass is 433 g/mol. The zero-order valence-electron chi connectivity index (χ0n) is 17.6. The molecule has 3 N–H and O–H groups in total. The number of anilines is 1. The molecule has 2 amide bonds. The second-order valence-corrected chi connectivity index (χ2v) is 8.19. The van der Waals surface area contributed by atoms with Crippen molar-refractivity contribution in [2.45, 2.75) is 45.6 Å². The average Bonchev–Trinajstić information content (AvgIpc) is 3.13. The first-order valence-electron chi connectivity index (χ1n) is 10.1. The van der Waals surface area contributed by atoms with Crippen molar-refractivity contribution in [2.24, 2.45) is 13.0 Å². The number of likely N-dealkylation sites (tertiary alicyclic amines) is 1. The van der Waals surface area contributed by atoms with Gasteiger partial charge in [0.1, 0.15) is 22.8 Å². The summed E-state index contributed by atoms with van der Waals surface area (Å²) in [5.41, 5.74) is 7.23. The quantitative estimate of drug-likeness (QED) is 0.669. The Morgan fingerprint density at radius 1 is 1.33 bits per heavy atom. The number of hydrogen-bond acceptors (Lipinski definition) is 6. The van der Waals surface area contributed by atoms with Crippen molar-refractivity contribution in [2.75, 3.05) is 18.8 Å². The van der Waals surface area contributed by atoms with E-state index >= 15 is 0 Å². The topological polar surface area (TPSA) is 119 Å². The molecular formula is C20H28ClN7O2. The molecule has 1 fully saturated rings. The van der Waals surface area contributed by atoms with E-state index in [0.717, 1.165) is 31.2 Å². The standard InChI is InChI=1S/C20H28ClN7O2/c1-12(24-19(29)15-10-23-27(3)11-15)20(30)28-8-6-14(7-9-28)4-5-16-17(21)25-13(2)26-18(16)22/h10-12,14H,4-9H2,1-3H3,(H,24,29)(H2,22,25,26). The number of carbonyl (C=O) groups excluding carboxylic acids is 2. The maximum absolute atomic E-state index is 12.7. The number of rotatable bonds is 6. The molecule has 2 aromatic rings. The van der Waals surface area contributed by atoms with Crippen LogP contribution in [0.2, 0.25) is 5.15 Å². The van der Waals surface area contributed by atoms with Crippen LogP contribution in [0.3, 0.4) is 0 Å². The van der Waals surface area contributed by atoms with Gasteiger partial charge in [-0.2, -0.15) is 5.10 Å². The van der Waals surface area contributed by atoms with E-state index in [0.29, 0.717) is 41.4 Å². The van der Waals surface area contributed by atoms with E-state index in [2.05, 4.69) is 20.4 Å². The highest BCUT2D eigenvalue weighted by Crippen LogP contribution is 2.26. The number of piperidine rings is 1. The Labute approximate surface area is 181 Å². The highest BCUT2D eigenvalue weighted by molar-refractivity contribution is 6.30. The van der Waals surface area contributed by atoms with E-state index in [-0.39, 0.29) is 11.8 Å². The van der Waals surface area contributed by atoms with Crippen molar-refractivity contribution >= 4 is 29.2 Å². The summed E-state index contributed by atoms with van der Waals surface area (Å²) in [5, 5.41) is 7.16. The zero-order valence-corrected chi connectivity index (χ0v) is 18.3. The average molecular weight is 434 g/mol. The van der Waals surface area contributed by atoms with Crippen LogP contribution in [-0.4, -0.2) is 55.6 Å². The summed E-state index contributed by atoms with van der Waals surface area (Å²) in [4.78, 5) is 35.1. The molecule has 9 nitrogen and oxygen atoms in total. The van der Waals surface area contributed by atoms with Crippen LogP contribution in [-0.2, 0) is 18.3 Å². The number of aryl methyl sites for hydroxylation is 2. The lowest BCUT2D eigenvalue weighted by atomic mass is 9.90. The SMILES string of the molecule is Cc1nc(N)c(CCC2CCN(C(=O)C(C)NC(=O)c3cnn(C)c3)CC2)c(Cl)n1. The maximum Gasteiger partial charge on any atom is 0.255 e. The van der Waals surface area contributed by atoms with Crippen LogP contribution in [0.5, 0.6) is 0 Å². The molecule has 10 heteroatoms. The zero-order chi connectivity index (χ0) is 21.8. The Bertz CT molecular complexity index is 899. The summed E-state index contributed by atoms with van der Waals surface area (Å²) in [6, 6.07) is -0.586. The normalized spacial score (nSPS) is 15.8. The molecule has 3 heterocycles. The Morgan fingerprint density at radius 3 is 2.63 bits per heavy atom. The van der Waals surface area contributed by atoms with E-state index in [4.69, 9.17) is 17.3 Å². The van der Waals surface area contributed by atoms with Crippen LogP contribution >= 0.6 is 11.6 Å². The molecule has 1 unspecified atom stereocenters. The summed E-state index contributed by atoms with van der Waals surface area (Å²) >= 11 is 6.22. The van der Waals surface area contributed by atoms with Crippen LogP contribution in [0.15, 0.2) is 12.4 Å². The summed E-state index contributed by atoms with van der Waals surface area (Å²) in [5.74, 6) is 1.13. The van der Waals surface area contributed by atoms with Gasteiger partial charge in [0.2, 0.25) is 5.91 Å². The number of carbonyl (C=O) groups is 2. The molecule has 1 atom stereocenters. The van der Waals surface area contributed by atoms with Gasteiger partial charge in [0.05, 0.1) is 11.8 Å². The van der Waals surface area contributed by atoms with Crippen molar-refractivity contribution in [1.29, 1.82) is 0 Å². The highest BCUT2D eigenvalue weighted by atomic mass is 35.5. The number of amides is 2. The second kappa shape index (κ2) is 9.42.